The Balaban J connectivity index is 4.66. The van der Waals surface area contributed by atoms with E-state index in [1.165, 1.54) is 0 Å². The molecule has 0 fully saturated rings. The molecule has 0 rings (SSSR count). The molecule has 0 aliphatic rings. The van der Waals surface area contributed by atoms with Gasteiger partial charge in [0.25, 0.3) is 23.7 Å². The maximum atomic E-state index is 13.0. The molecule has 0 bridgehead atoms. The minimum atomic E-state index is -4.40. The van der Waals surface area contributed by atoms with Crippen molar-refractivity contribution in [2.24, 2.45) is 0 Å². The predicted molar refractivity (Wildman–Crippen MR) is 49.6 cm³/mol. The normalized spacial score (nSPS) is 15.0. The van der Waals surface area contributed by atoms with E-state index < -0.39 is 49.4 Å². The van der Waals surface area contributed by atoms with E-state index in [9.17, 15) is 35.1 Å². The van der Waals surface area contributed by atoms with Gasteiger partial charge in [0.2, 0.25) is 0 Å². The maximum absolute atomic E-state index is 13.0. The smallest absolute Gasteiger partial charge is 0.207 e. The van der Waals surface area contributed by atoms with Crippen molar-refractivity contribution in [3.8, 4) is 0 Å². The zero-order valence-electron chi connectivity index (χ0n) is 9.85. The van der Waals surface area contributed by atoms with Crippen LogP contribution in [-0.4, -0.2) is 23.7 Å². The lowest BCUT2D eigenvalue weighted by molar-refractivity contribution is -0.176. The molecule has 0 atom stereocenters. The topological polar surface area (TPSA) is 0 Å². The first-order valence-electron chi connectivity index (χ1n) is 5.19. The molecule has 110 valence electrons. The van der Waals surface area contributed by atoms with Gasteiger partial charge in [-0.2, -0.15) is 0 Å². The molecule has 0 heterocycles. The highest BCUT2D eigenvalue weighted by Crippen LogP contribution is 2.42. The Morgan fingerprint density at radius 1 is 0.611 bits per heavy atom. The van der Waals surface area contributed by atoms with E-state index in [1.807, 2.05) is 0 Å². The first kappa shape index (κ1) is 17.4. The van der Waals surface area contributed by atoms with Gasteiger partial charge in [0.15, 0.2) is 0 Å². The van der Waals surface area contributed by atoms with Gasteiger partial charge in [-0.05, 0) is 6.92 Å². The van der Waals surface area contributed by atoms with E-state index in [1.54, 1.807) is 0 Å². The number of rotatable bonds is 7. The summed E-state index contributed by atoms with van der Waals surface area (Å²) in [6.07, 6.45) is -7.40. The number of hydrogen-bond donors (Lipinski definition) is 0. The lowest BCUT2D eigenvalue weighted by Gasteiger charge is -2.27. The second-order valence-corrected chi connectivity index (χ2v) is 4.52. The maximum Gasteiger partial charge on any atom is 0.259 e. The van der Waals surface area contributed by atoms with Gasteiger partial charge in [-0.3, -0.25) is 0 Å². The van der Waals surface area contributed by atoms with Crippen molar-refractivity contribution in [1.82, 2.24) is 0 Å². The molecule has 0 saturated heterocycles. The molecule has 0 aromatic heterocycles. The molecule has 0 nitrogen and oxygen atoms in total. The molecule has 0 unspecified atom stereocenters. The molecule has 18 heavy (non-hydrogen) atoms. The van der Waals surface area contributed by atoms with Crippen molar-refractivity contribution in [3.05, 3.63) is 0 Å². The van der Waals surface area contributed by atoms with E-state index >= 15 is 0 Å². The SMILES string of the molecule is CCC(F)(F)CC(F)(F)CC(F)(F)CC(C)(F)F. The summed E-state index contributed by atoms with van der Waals surface area (Å²) < 4.78 is 102. The Hall–Kier alpha value is -0.560. The van der Waals surface area contributed by atoms with Gasteiger partial charge in [0.05, 0.1) is 19.3 Å². The molecule has 0 spiro atoms. The van der Waals surface area contributed by atoms with Crippen LogP contribution in [0.2, 0.25) is 0 Å². The van der Waals surface area contributed by atoms with Crippen molar-refractivity contribution < 1.29 is 35.1 Å². The lowest BCUT2D eigenvalue weighted by Crippen LogP contribution is -2.37. The van der Waals surface area contributed by atoms with Gasteiger partial charge in [0, 0.05) is 6.42 Å². The van der Waals surface area contributed by atoms with Crippen molar-refractivity contribution >= 4 is 0 Å². The van der Waals surface area contributed by atoms with E-state index in [0.29, 0.717) is 0 Å². The molecule has 0 radical (unpaired) electrons. The van der Waals surface area contributed by atoms with Crippen molar-refractivity contribution in [2.75, 3.05) is 0 Å². The molecule has 0 amide bonds. The van der Waals surface area contributed by atoms with Crippen LogP contribution < -0.4 is 0 Å². The van der Waals surface area contributed by atoms with Crippen LogP contribution in [0.15, 0.2) is 0 Å². The summed E-state index contributed by atoms with van der Waals surface area (Å²) >= 11 is 0. The molecule has 0 aliphatic carbocycles. The Morgan fingerprint density at radius 3 is 1.28 bits per heavy atom. The fourth-order valence-electron chi connectivity index (χ4n) is 1.46. The van der Waals surface area contributed by atoms with Crippen LogP contribution in [0.5, 0.6) is 0 Å². The zero-order valence-corrected chi connectivity index (χ0v) is 9.85. The van der Waals surface area contributed by atoms with Crippen LogP contribution in [0.4, 0.5) is 35.1 Å². The van der Waals surface area contributed by atoms with Gasteiger partial charge in [-0.1, -0.05) is 6.92 Å². The van der Waals surface area contributed by atoms with Crippen molar-refractivity contribution in [3.63, 3.8) is 0 Å². The van der Waals surface area contributed by atoms with Crippen LogP contribution in [0.1, 0.15) is 39.5 Å². The third kappa shape index (κ3) is 7.71. The largest absolute Gasteiger partial charge is 0.259 e. The molecule has 8 heteroatoms. The van der Waals surface area contributed by atoms with Crippen LogP contribution in [-0.2, 0) is 0 Å². The minimum Gasteiger partial charge on any atom is -0.207 e. The van der Waals surface area contributed by atoms with Crippen molar-refractivity contribution in [1.29, 1.82) is 0 Å². The fourth-order valence-corrected chi connectivity index (χ4v) is 1.46. The highest BCUT2D eigenvalue weighted by atomic mass is 19.3. The van der Waals surface area contributed by atoms with Gasteiger partial charge in [-0.25, -0.2) is 35.1 Å². The number of halogens is 8. The van der Waals surface area contributed by atoms with Crippen LogP contribution in [0.25, 0.3) is 0 Å². The highest BCUT2D eigenvalue weighted by Gasteiger charge is 2.51. The Bertz CT molecular complexity index is 266. The molecule has 0 N–H and O–H groups in total. The van der Waals surface area contributed by atoms with Gasteiger partial charge in [-0.15, -0.1) is 0 Å². The van der Waals surface area contributed by atoms with Crippen LogP contribution >= 0.6 is 0 Å². The highest BCUT2D eigenvalue weighted by molar-refractivity contribution is 4.84. The summed E-state index contributed by atoms with van der Waals surface area (Å²) in [6, 6.07) is 0. The summed E-state index contributed by atoms with van der Waals surface area (Å²) in [7, 11) is 0. The Kier molecular flexibility index (Phi) is 5.04. The summed E-state index contributed by atoms with van der Waals surface area (Å²) in [6.45, 7) is 1.08. The van der Waals surface area contributed by atoms with Gasteiger partial charge < -0.3 is 0 Å². The Labute approximate surface area is 99.3 Å². The monoisotopic (exact) mass is 286 g/mol. The quantitative estimate of drug-likeness (QED) is 0.569. The second kappa shape index (κ2) is 5.21. The third-order valence-electron chi connectivity index (χ3n) is 2.12. The van der Waals surface area contributed by atoms with Crippen LogP contribution in [0, 0.1) is 0 Å². The van der Waals surface area contributed by atoms with E-state index in [4.69, 9.17) is 0 Å². The number of hydrogen-bond acceptors (Lipinski definition) is 0. The molecule has 0 aromatic rings. The predicted octanol–water partition coefficient (Wildman–Crippen LogP) is 5.13. The number of alkyl halides is 8. The van der Waals surface area contributed by atoms with Gasteiger partial charge >= 0.3 is 0 Å². The van der Waals surface area contributed by atoms with E-state index in [-0.39, 0.29) is 6.92 Å². The van der Waals surface area contributed by atoms with Crippen LogP contribution in [0.3, 0.4) is 0 Å². The van der Waals surface area contributed by atoms with Crippen molar-refractivity contribution in [2.45, 2.75) is 63.2 Å². The lowest BCUT2D eigenvalue weighted by atomic mass is 9.98. The van der Waals surface area contributed by atoms with E-state index in [2.05, 4.69) is 0 Å². The second-order valence-electron chi connectivity index (χ2n) is 4.52. The average Bonchev–Trinajstić information content (AvgIpc) is 1.93. The molecular weight excluding hydrogens is 272 g/mol. The Morgan fingerprint density at radius 2 is 0.944 bits per heavy atom. The van der Waals surface area contributed by atoms with E-state index in [0.717, 1.165) is 6.92 Å². The molecular formula is C10H14F8. The molecule has 0 aliphatic heterocycles. The first-order valence-corrected chi connectivity index (χ1v) is 5.19. The zero-order chi connectivity index (χ0) is 14.8. The first-order chi connectivity index (χ1) is 7.68. The molecule has 0 aromatic carbocycles. The summed E-state index contributed by atoms with van der Waals surface area (Å²) in [5.74, 6) is -16.4. The summed E-state index contributed by atoms with van der Waals surface area (Å²) in [4.78, 5) is 0. The average molecular weight is 286 g/mol. The third-order valence-corrected chi connectivity index (χ3v) is 2.12. The molecule has 0 saturated carbocycles. The summed E-state index contributed by atoms with van der Waals surface area (Å²) in [5.41, 5.74) is 0. The fraction of sp³-hybridized carbons (Fsp3) is 1.00. The minimum absolute atomic E-state index is 0.152. The summed E-state index contributed by atoms with van der Waals surface area (Å²) in [5, 5.41) is 0. The standard InChI is InChI=1S/C10H14F8/c1-3-8(13,14)5-10(17,18)6-9(15,16)4-7(2,11)12/h3-6H2,1-2H3. The van der Waals surface area contributed by atoms with Gasteiger partial charge in [0.1, 0.15) is 0 Å².